The van der Waals surface area contributed by atoms with Crippen molar-refractivity contribution in [2.75, 3.05) is 6.61 Å². The van der Waals surface area contributed by atoms with Crippen molar-refractivity contribution < 1.29 is 17.7 Å². The zero-order valence-electron chi connectivity index (χ0n) is 6.67. The van der Waals surface area contributed by atoms with Crippen molar-refractivity contribution in [1.82, 2.24) is 0 Å². The minimum absolute atomic E-state index is 0.317. The molecule has 0 aliphatic rings. The van der Waals surface area contributed by atoms with Crippen LogP contribution in [0.4, 0.5) is 0 Å². The molecule has 1 atom stereocenters. The van der Waals surface area contributed by atoms with Crippen LogP contribution in [0.5, 0.6) is 0 Å². The number of hydrogen-bond donors (Lipinski definition) is 1. The van der Waals surface area contributed by atoms with Crippen molar-refractivity contribution in [3.63, 3.8) is 0 Å². The molecule has 1 aromatic carbocycles. The highest BCUT2D eigenvalue weighted by molar-refractivity contribution is 7.74. The highest BCUT2D eigenvalue weighted by atomic mass is 32.2. The topological polar surface area (TPSA) is 63.6 Å². The summed E-state index contributed by atoms with van der Waals surface area (Å²) in [5.41, 5.74) is 0.466. The summed E-state index contributed by atoms with van der Waals surface area (Å²) in [6, 6.07) is 8.44. The molecule has 0 heterocycles. The second-order valence-electron chi connectivity index (χ2n) is 2.27. The van der Waals surface area contributed by atoms with Gasteiger partial charge in [-0.05, 0) is 0 Å². The number of hydrogen-bond acceptors (Lipinski definition) is 3. The average molecular weight is 200 g/mol. The minimum atomic E-state index is -2.38. The Morgan fingerprint density at radius 1 is 1.38 bits per heavy atom. The maximum atomic E-state index is 11.2. The smallest absolute Gasteiger partial charge is 0.291 e. The fourth-order valence-corrected chi connectivity index (χ4v) is 1.02. The lowest BCUT2D eigenvalue weighted by atomic mass is 10.1. The van der Waals surface area contributed by atoms with Gasteiger partial charge in [0.1, 0.15) is 6.61 Å². The molecule has 0 aromatic heterocycles. The van der Waals surface area contributed by atoms with Crippen LogP contribution < -0.4 is 0 Å². The third-order valence-corrected chi connectivity index (χ3v) is 1.71. The Kier molecular flexibility index (Phi) is 3.75. The van der Waals surface area contributed by atoms with Crippen molar-refractivity contribution in [3.8, 4) is 0 Å². The van der Waals surface area contributed by atoms with Gasteiger partial charge in [0.2, 0.25) is 0 Å². The van der Waals surface area contributed by atoms with Crippen molar-refractivity contribution in [2.45, 2.75) is 0 Å². The van der Waals surface area contributed by atoms with Crippen LogP contribution in [0, 0.1) is 0 Å². The van der Waals surface area contributed by atoms with E-state index in [2.05, 4.69) is 4.18 Å². The SMILES string of the molecule is O=C(COS(=O)O)c1ccccc1. The first-order valence-corrected chi connectivity index (χ1v) is 4.55. The Bertz CT molecular complexity index is 309. The summed E-state index contributed by atoms with van der Waals surface area (Å²) in [6.45, 7) is -0.382. The molecule has 0 bridgehead atoms. The molecule has 0 radical (unpaired) electrons. The number of ketones is 1. The van der Waals surface area contributed by atoms with E-state index in [-0.39, 0.29) is 12.4 Å². The van der Waals surface area contributed by atoms with Gasteiger partial charge in [-0.1, -0.05) is 30.3 Å². The zero-order chi connectivity index (χ0) is 9.68. The molecule has 4 nitrogen and oxygen atoms in total. The summed E-state index contributed by atoms with van der Waals surface area (Å²) in [5, 5.41) is 0. The predicted molar refractivity (Wildman–Crippen MR) is 47.5 cm³/mol. The Labute approximate surface area is 78.0 Å². The monoisotopic (exact) mass is 200 g/mol. The highest BCUT2D eigenvalue weighted by Crippen LogP contribution is 2.00. The molecule has 0 amide bonds. The van der Waals surface area contributed by atoms with Gasteiger partial charge in [0, 0.05) is 5.56 Å². The van der Waals surface area contributed by atoms with Crippen LogP contribution in [-0.4, -0.2) is 21.2 Å². The van der Waals surface area contributed by atoms with E-state index >= 15 is 0 Å². The van der Waals surface area contributed by atoms with E-state index < -0.39 is 11.4 Å². The van der Waals surface area contributed by atoms with Crippen LogP contribution >= 0.6 is 0 Å². The molecule has 0 aliphatic carbocycles. The third kappa shape index (κ3) is 3.45. The lowest BCUT2D eigenvalue weighted by molar-refractivity contribution is 0.0923. The van der Waals surface area contributed by atoms with E-state index in [1.54, 1.807) is 30.3 Å². The number of Topliss-reactive ketones (excluding diaryl/α,β-unsaturated/α-hetero) is 1. The molecule has 0 saturated carbocycles. The third-order valence-electron chi connectivity index (χ3n) is 1.39. The van der Waals surface area contributed by atoms with Crippen LogP contribution in [0.3, 0.4) is 0 Å². The maximum absolute atomic E-state index is 11.2. The summed E-state index contributed by atoms with van der Waals surface area (Å²) >= 11 is -2.38. The maximum Gasteiger partial charge on any atom is 0.302 e. The second kappa shape index (κ2) is 4.86. The zero-order valence-corrected chi connectivity index (χ0v) is 7.49. The van der Waals surface area contributed by atoms with Gasteiger partial charge in [-0.2, -0.15) is 4.21 Å². The van der Waals surface area contributed by atoms with E-state index in [4.69, 9.17) is 4.55 Å². The summed E-state index contributed by atoms with van der Waals surface area (Å²) in [6.07, 6.45) is 0. The Morgan fingerprint density at radius 3 is 2.54 bits per heavy atom. The molecular formula is C8H8O4S. The van der Waals surface area contributed by atoms with E-state index in [0.717, 1.165) is 0 Å². The lowest BCUT2D eigenvalue weighted by Gasteiger charge is -1.98. The Morgan fingerprint density at radius 2 is 2.00 bits per heavy atom. The molecular weight excluding hydrogens is 192 g/mol. The molecule has 0 spiro atoms. The molecule has 70 valence electrons. The minimum Gasteiger partial charge on any atom is -0.291 e. The van der Waals surface area contributed by atoms with E-state index in [0.29, 0.717) is 5.56 Å². The van der Waals surface area contributed by atoms with Crippen LogP contribution in [0.25, 0.3) is 0 Å². The number of carbonyl (C=O) groups is 1. The second-order valence-corrected chi connectivity index (χ2v) is 2.94. The molecule has 1 N–H and O–H groups in total. The molecule has 0 aliphatic heterocycles. The molecule has 13 heavy (non-hydrogen) atoms. The number of carbonyl (C=O) groups excluding carboxylic acids is 1. The molecule has 0 fully saturated rings. The largest absolute Gasteiger partial charge is 0.302 e. The quantitative estimate of drug-likeness (QED) is 0.582. The standard InChI is InChI=1S/C8H8O4S/c9-8(6-12-13(10)11)7-4-2-1-3-5-7/h1-5H,6H2,(H,10,11). The number of benzene rings is 1. The predicted octanol–water partition coefficient (Wildman–Crippen LogP) is 1.02. The van der Waals surface area contributed by atoms with Crippen molar-refractivity contribution in [3.05, 3.63) is 35.9 Å². The fourth-order valence-electron chi connectivity index (χ4n) is 0.811. The van der Waals surface area contributed by atoms with Gasteiger partial charge in [0.15, 0.2) is 5.78 Å². The Balaban J connectivity index is 2.54. The summed E-state index contributed by atoms with van der Waals surface area (Å²) in [4.78, 5) is 11.2. The molecule has 1 rings (SSSR count). The van der Waals surface area contributed by atoms with Crippen molar-refractivity contribution in [1.29, 1.82) is 0 Å². The molecule has 1 aromatic rings. The van der Waals surface area contributed by atoms with Crippen molar-refractivity contribution >= 4 is 17.1 Å². The van der Waals surface area contributed by atoms with Crippen LogP contribution in [0.1, 0.15) is 10.4 Å². The van der Waals surface area contributed by atoms with Crippen LogP contribution in [-0.2, 0) is 15.5 Å². The normalized spacial score (nSPS) is 12.4. The van der Waals surface area contributed by atoms with Crippen molar-refractivity contribution in [2.24, 2.45) is 0 Å². The summed E-state index contributed by atoms with van der Waals surface area (Å²) < 4.78 is 22.6. The Hall–Kier alpha value is -1.04. The van der Waals surface area contributed by atoms with Crippen LogP contribution in [0.15, 0.2) is 30.3 Å². The van der Waals surface area contributed by atoms with Gasteiger partial charge in [-0.25, -0.2) is 0 Å². The van der Waals surface area contributed by atoms with E-state index in [1.807, 2.05) is 0 Å². The number of rotatable bonds is 4. The first-order chi connectivity index (χ1) is 6.20. The first-order valence-electron chi connectivity index (χ1n) is 3.52. The van der Waals surface area contributed by atoms with Gasteiger partial charge in [-0.15, -0.1) is 0 Å². The highest BCUT2D eigenvalue weighted by Gasteiger charge is 2.06. The first kappa shape index (κ1) is 10.0. The molecule has 0 saturated heterocycles. The summed E-state index contributed by atoms with van der Waals surface area (Å²) in [5.74, 6) is -0.317. The van der Waals surface area contributed by atoms with Gasteiger partial charge in [-0.3, -0.25) is 13.5 Å². The van der Waals surface area contributed by atoms with E-state index in [1.165, 1.54) is 0 Å². The molecule has 5 heteroatoms. The van der Waals surface area contributed by atoms with Crippen LogP contribution in [0.2, 0.25) is 0 Å². The fraction of sp³-hybridized carbons (Fsp3) is 0.125. The van der Waals surface area contributed by atoms with Gasteiger partial charge >= 0.3 is 11.4 Å². The average Bonchev–Trinajstić information content (AvgIpc) is 2.15. The molecule has 1 unspecified atom stereocenters. The summed E-state index contributed by atoms with van der Waals surface area (Å²) in [7, 11) is 0. The lowest BCUT2D eigenvalue weighted by Crippen LogP contribution is -2.09. The van der Waals surface area contributed by atoms with Gasteiger partial charge in [0.05, 0.1) is 0 Å². The van der Waals surface area contributed by atoms with Gasteiger partial charge < -0.3 is 0 Å². The van der Waals surface area contributed by atoms with Gasteiger partial charge in [0.25, 0.3) is 0 Å². The van der Waals surface area contributed by atoms with E-state index in [9.17, 15) is 9.00 Å².